The Morgan fingerprint density at radius 2 is 1.39 bits per heavy atom. The average molecular weight is 328 g/mol. The Balaban J connectivity index is 1.59. The van der Waals surface area contributed by atoms with Crippen LogP contribution in [0.15, 0.2) is 11.9 Å². The summed E-state index contributed by atoms with van der Waals surface area (Å²) in [6, 6.07) is 0. The van der Waals surface area contributed by atoms with E-state index < -0.39 is 22.5 Å². The monoisotopic (exact) mass is 328 g/mol. The lowest BCUT2D eigenvalue weighted by molar-refractivity contribution is -0.365. The number of ether oxygens (including phenoxy) is 1. The molecule has 0 spiro atoms. The van der Waals surface area contributed by atoms with E-state index >= 15 is 8.78 Å². The largest absolute Gasteiger partial charge is 0.362 e. The van der Waals surface area contributed by atoms with Crippen LogP contribution in [0.5, 0.6) is 0 Å². The number of fused-ring (bicyclic) bond motifs is 5. The molecule has 4 saturated carbocycles. The zero-order valence-corrected chi connectivity index (χ0v) is 14.2. The van der Waals surface area contributed by atoms with Crippen molar-refractivity contribution in [2.45, 2.75) is 89.8 Å². The summed E-state index contributed by atoms with van der Waals surface area (Å²) < 4.78 is 50.2. The molecule has 0 atom stereocenters. The first-order valence-electron chi connectivity index (χ1n) is 9.09. The van der Waals surface area contributed by atoms with Crippen LogP contribution in [0, 0.1) is 16.2 Å². The second-order valence-corrected chi connectivity index (χ2v) is 9.33. The van der Waals surface area contributed by atoms with Crippen LogP contribution in [0.2, 0.25) is 0 Å². The van der Waals surface area contributed by atoms with E-state index in [9.17, 15) is 4.39 Å². The van der Waals surface area contributed by atoms with Crippen LogP contribution in [-0.4, -0.2) is 11.7 Å². The van der Waals surface area contributed by atoms with Crippen molar-refractivity contribution < 1.29 is 17.9 Å². The van der Waals surface area contributed by atoms with Gasteiger partial charge in [-0.1, -0.05) is 13.8 Å². The number of alkyl halides is 2. The Kier molecular flexibility index (Phi) is 3.17. The Hall–Kier alpha value is -0.510. The molecule has 1 nitrogen and oxygen atoms in total. The Morgan fingerprint density at radius 3 is 1.87 bits per heavy atom. The summed E-state index contributed by atoms with van der Waals surface area (Å²) in [7, 11) is 0. The SMILES string of the molecule is CC12CCC(C(F)(F)OC34C=C(F)C(C)(CC3)CC4)(CC1)CC2. The van der Waals surface area contributed by atoms with Crippen molar-refractivity contribution >= 4 is 0 Å². The normalized spacial score (nSPS) is 49.3. The van der Waals surface area contributed by atoms with Crippen LogP contribution in [0.3, 0.4) is 0 Å². The molecule has 0 unspecified atom stereocenters. The first-order valence-corrected chi connectivity index (χ1v) is 9.09. The molecule has 23 heavy (non-hydrogen) atoms. The predicted molar refractivity (Wildman–Crippen MR) is 82.8 cm³/mol. The van der Waals surface area contributed by atoms with Crippen molar-refractivity contribution in [3.63, 3.8) is 0 Å². The third-order valence-corrected chi connectivity index (χ3v) is 7.74. The smallest absolute Gasteiger partial charge is 0.309 e. The van der Waals surface area contributed by atoms with Gasteiger partial charge in [-0.3, -0.25) is 0 Å². The maximum Gasteiger partial charge on any atom is 0.362 e. The van der Waals surface area contributed by atoms with Crippen LogP contribution in [0.25, 0.3) is 0 Å². The molecule has 4 bridgehead atoms. The molecule has 0 aliphatic heterocycles. The van der Waals surface area contributed by atoms with Gasteiger partial charge in [0, 0.05) is 5.41 Å². The second-order valence-electron chi connectivity index (χ2n) is 9.33. The van der Waals surface area contributed by atoms with Crippen molar-refractivity contribution in [2.24, 2.45) is 16.2 Å². The molecule has 6 aliphatic carbocycles. The van der Waals surface area contributed by atoms with E-state index in [0.717, 1.165) is 19.3 Å². The molecule has 6 rings (SSSR count). The van der Waals surface area contributed by atoms with Gasteiger partial charge in [-0.15, -0.1) is 0 Å². The fourth-order valence-electron chi connectivity index (χ4n) is 5.32. The highest BCUT2D eigenvalue weighted by molar-refractivity contribution is 5.23. The molecule has 0 saturated heterocycles. The van der Waals surface area contributed by atoms with Gasteiger partial charge in [-0.25, -0.2) is 4.39 Å². The number of hydrogen-bond acceptors (Lipinski definition) is 1. The molecule has 0 heterocycles. The number of allylic oxidation sites excluding steroid dienone is 1. The summed E-state index contributed by atoms with van der Waals surface area (Å²) in [6.45, 7) is 4.11. The molecule has 130 valence electrons. The minimum absolute atomic E-state index is 0.247. The summed E-state index contributed by atoms with van der Waals surface area (Å²) in [5.41, 5.74) is -2.31. The van der Waals surface area contributed by atoms with Gasteiger partial charge in [0.1, 0.15) is 5.83 Å². The third-order valence-electron chi connectivity index (χ3n) is 7.74. The molecule has 6 aliphatic rings. The van der Waals surface area contributed by atoms with Gasteiger partial charge in [-0.2, -0.15) is 8.78 Å². The molecule has 0 radical (unpaired) electrons. The van der Waals surface area contributed by atoms with Crippen molar-refractivity contribution in [3.05, 3.63) is 11.9 Å². The van der Waals surface area contributed by atoms with Crippen LogP contribution >= 0.6 is 0 Å². The fourth-order valence-corrected chi connectivity index (χ4v) is 5.32. The minimum Gasteiger partial charge on any atom is -0.309 e. The van der Waals surface area contributed by atoms with Gasteiger partial charge < -0.3 is 4.74 Å². The first kappa shape index (κ1) is 16.0. The highest BCUT2D eigenvalue weighted by Crippen LogP contribution is 2.64. The molecule has 0 amide bonds. The predicted octanol–water partition coefficient (Wildman–Crippen LogP) is 6.14. The Morgan fingerprint density at radius 1 is 0.870 bits per heavy atom. The standard InChI is InChI=1S/C19H27F3O/c1-15-3-8-17(9-4-15,10-5-15)19(21,22)23-18-11-6-16(2,7-12-18)14(20)13-18/h13H,3-12H2,1-2H3. The summed E-state index contributed by atoms with van der Waals surface area (Å²) in [5.74, 6) is -0.247. The molecule has 0 N–H and O–H groups in total. The third kappa shape index (κ3) is 2.23. The summed E-state index contributed by atoms with van der Waals surface area (Å²) in [5, 5.41) is 0. The van der Waals surface area contributed by atoms with E-state index in [1.165, 1.54) is 6.08 Å². The molecule has 0 aromatic rings. The topological polar surface area (TPSA) is 9.23 Å². The van der Waals surface area contributed by atoms with Gasteiger partial charge in [0.25, 0.3) is 0 Å². The zero-order chi connectivity index (χ0) is 16.6. The van der Waals surface area contributed by atoms with Gasteiger partial charge in [0.2, 0.25) is 0 Å². The van der Waals surface area contributed by atoms with Gasteiger partial charge >= 0.3 is 6.11 Å². The highest BCUT2D eigenvalue weighted by atomic mass is 19.3. The fraction of sp³-hybridized carbons (Fsp3) is 0.895. The van der Waals surface area contributed by atoms with Crippen LogP contribution < -0.4 is 0 Å². The van der Waals surface area contributed by atoms with E-state index in [4.69, 9.17) is 4.74 Å². The van der Waals surface area contributed by atoms with Gasteiger partial charge in [0.05, 0.1) is 11.0 Å². The highest BCUT2D eigenvalue weighted by Gasteiger charge is 2.63. The summed E-state index contributed by atoms with van der Waals surface area (Å²) in [6.07, 6.45) is 4.66. The number of rotatable bonds is 3. The molecule has 4 heteroatoms. The molecular weight excluding hydrogens is 301 g/mol. The minimum atomic E-state index is -3.16. The van der Waals surface area contributed by atoms with E-state index in [1.807, 2.05) is 6.92 Å². The number of halogens is 3. The van der Waals surface area contributed by atoms with Crippen molar-refractivity contribution in [2.75, 3.05) is 0 Å². The lowest BCUT2D eigenvalue weighted by Crippen LogP contribution is -2.56. The van der Waals surface area contributed by atoms with Crippen LogP contribution in [0.1, 0.15) is 78.1 Å². The second kappa shape index (κ2) is 4.56. The summed E-state index contributed by atoms with van der Waals surface area (Å²) >= 11 is 0. The van der Waals surface area contributed by atoms with Crippen LogP contribution in [0.4, 0.5) is 13.2 Å². The molecule has 0 aromatic heterocycles. The zero-order valence-electron chi connectivity index (χ0n) is 14.2. The van der Waals surface area contributed by atoms with E-state index in [-0.39, 0.29) is 11.2 Å². The van der Waals surface area contributed by atoms with E-state index in [1.54, 1.807) is 0 Å². The maximum absolute atomic E-state index is 15.2. The van der Waals surface area contributed by atoms with Crippen molar-refractivity contribution in [3.8, 4) is 0 Å². The lowest BCUT2D eigenvalue weighted by Gasteiger charge is -2.56. The van der Waals surface area contributed by atoms with Crippen molar-refractivity contribution in [1.29, 1.82) is 0 Å². The summed E-state index contributed by atoms with van der Waals surface area (Å²) in [4.78, 5) is 0. The van der Waals surface area contributed by atoms with Crippen LogP contribution in [-0.2, 0) is 4.74 Å². The molecule has 4 fully saturated rings. The number of hydrogen-bond donors (Lipinski definition) is 0. The van der Waals surface area contributed by atoms with Crippen molar-refractivity contribution in [1.82, 2.24) is 0 Å². The maximum atomic E-state index is 15.2. The average Bonchev–Trinajstić information content (AvgIpc) is 2.50. The van der Waals surface area contributed by atoms with E-state index in [0.29, 0.717) is 44.9 Å². The van der Waals surface area contributed by atoms with Gasteiger partial charge in [0.15, 0.2) is 0 Å². The Bertz CT molecular complexity index is 518. The quantitative estimate of drug-likeness (QED) is 0.604. The lowest BCUT2D eigenvalue weighted by atomic mass is 9.54. The van der Waals surface area contributed by atoms with Gasteiger partial charge in [-0.05, 0) is 75.7 Å². The first-order chi connectivity index (χ1) is 10.6. The molecule has 0 aromatic carbocycles. The van der Waals surface area contributed by atoms with E-state index in [2.05, 4.69) is 6.92 Å². The Labute approximate surface area is 136 Å². The molecular formula is C19H27F3O.